The molecule has 0 saturated carbocycles. The fourth-order valence-corrected chi connectivity index (χ4v) is 3.86. The molecule has 1 heterocycles. The Bertz CT molecular complexity index is 1100. The molecule has 28 heavy (non-hydrogen) atoms. The van der Waals surface area contributed by atoms with Gasteiger partial charge >= 0.3 is 0 Å². The van der Waals surface area contributed by atoms with Crippen LogP contribution in [0.25, 0.3) is 20.8 Å². The highest BCUT2D eigenvalue weighted by Crippen LogP contribution is 2.31. The molecular formula is C23H20N2O2S. The number of carbonyl (C=O) groups excluding carboxylic acids is 1. The zero-order valence-electron chi connectivity index (χ0n) is 15.7. The molecular weight excluding hydrogens is 368 g/mol. The van der Waals surface area contributed by atoms with Crippen LogP contribution in [0.2, 0.25) is 0 Å². The number of rotatable bonds is 5. The first-order valence-electron chi connectivity index (χ1n) is 9.04. The van der Waals surface area contributed by atoms with E-state index < -0.39 is 0 Å². The minimum Gasteiger partial charge on any atom is -0.484 e. The number of hydrogen-bond donors (Lipinski definition) is 1. The van der Waals surface area contributed by atoms with E-state index >= 15 is 0 Å². The summed E-state index contributed by atoms with van der Waals surface area (Å²) in [5.41, 5.74) is 4.97. The van der Waals surface area contributed by atoms with Crippen LogP contribution in [0.1, 0.15) is 11.1 Å². The minimum atomic E-state index is -0.184. The summed E-state index contributed by atoms with van der Waals surface area (Å²) in [5, 5.41) is 3.89. The number of aryl methyl sites for hydroxylation is 2. The molecule has 1 aromatic heterocycles. The molecule has 1 amide bonds. The molecule has 4 nitrogen and oxygen atoms in total. The molecule has 0 aliphatic rings. The molecule has 0 radical (unpaired) electrons. The average Bonchev–Trinajstić information content (AvgIpc) is 3.13. The molecule has 1 N–H and O–H groups in total. The van der Waals surface area contributed by atoms with Gasteiger partial charge in [-0.3, -0.25) is 4.79 Å². The third-order valence-electron chi connectivity index (χ3n) is 4.43. The van der Waals surface area contributed by atoms with Crippen molar-refractivity contribution in [1.82, 2.24) is 4.98 Å². The topological polar surface area (TPSA) is 51.2 Å². The number of ether oxygens (including phenoxy) is 1. The molecule has 140 valence electrons. The maximum Gasteiger partial charge on any atom is 0.262 e. The number of carbonyl (C=O) groups is 1. The molecule has 4 aromatic rings. The van der Waals surface area contributed by atoms with Crippen molar-refractivity contribution in [2.45, 2.75) is 13.8 Å². The molecule has 0 unspecified atom stereocenters. The van der Waals surface area contributed by atoms with Crippen LogP contribution in [0, 0.1) is 13.8 Å². The zero-order valence-corrected chi connectivity index (χ0v) is 16.5. The van der Waals surface area contributed by atoms with Crippen molar-refractivity contribution in [3.05, 3.63) is 77.9 Å². The maximum atomic E-state index is 12.2. The summed E-state index contributed by atoms with van der Waals surface area (Å²) in [5.74, 6) is 0.500. The van der Waals surface area contributed by atoms with Crippen molar-refractivity contribution in [1.29, 1.82) is 0 Å². The number of hydrogen-bond acceptors (Lipinski definition) is 4. The monoisotopic (exact) mass is 388 g/mol. The summed E-state index contributed by atoms with van der Waals surface area (Å²) < 4.78 is 6.71. The Hall–Kier alpha value is -3.18. The molecule has 5 heteroatoms. The number of fused-ring (bicyclic) bond motifs is 1. The standard InChI is InChI=1S/C23H20N2O2S/c1-15-7-10-18(11-8-15)27-14-22(26)24-19-12-9-17(13-16(19)2)23-25-20-5-3-4-6-21(20)28-23/h3-13H,14H2,1-2H3,(H,24,26). The second-order valence-electron chi connectivity index (χ2n) is 6.67. The number of benzene rings is 3. The molecule has 0 aliphatic carbocycles. The third-order valence-corrected chi connectivity index (χ3v) is 5.52. The van der Waals surface area contributed by atoms with Crippen molar-refractivity contribution < 1.29 is 9.53 Å². The lowest BCUT2D eigenvalue weighted by atomic mass is 10.1. The lowest BCUT2D eigenvalue weighted by Crippen LogP contribution is -2.20. The van der Waals surface area contributed by atoms with Gasteiger partial charge in [0, 0.05) is 11.3 Å². The molecule has 0 saturated heterocycles. The van der Waals surface area contributed by atoms with Gasteiger partial charge in [-0.1, -0.05) is 29.8 Å². The molecule has 3 aromatic carbocycles. The Balaban J connectivity index is 1.43. The van der Waals surface area contributed by atoms with E-state index in [9.17, 15) is 4.79 Å². The number of nitrogens with zero attached hydrogens (tertiary/aromatic N) is 1. The van der Waals surface area contributed by atoms with Crippen LogP contribution >= 0.6 is 11.3 Å². The number of thiazole rings is 1. The number of para-hydroxylation sites is 1. The van der Waals surface area contributed by atoms with Gasteiger partial charge in [0.05, 0.1) is 10.2 Å². The maximum absolute atomic E-state index is 12.2. The van der Waals surface area contributed by atoms with Gasteiger partial charge in [0.2, 0.25) is 0 Å². The highest BCUT2D eigenvalue weighted by molar-refractivity contribution is 7.21. The van der Waals surface area contributed by atoms with E-state index in [-0.39, 0.29) is 12.5 Å². The van der Waals surface area contributed by atoms with Crippen molar-refractivity contribution in [3.8, 4) is 16.3 Å². The highest BCUT2D eigenvalue weighted by atomic mass is 32.1. The van der Waals surface area contributed by atoms with E-state index in [0.29, 0.717) is 5.75 Å². The first kappa shape index (κ1) is 18.2. The van der Waals surface area contributed by atoms with Crippen molar-refractivity contribution in [3.63, 3.8) is 0 Å². The van der Waals surface area contributed by atoms with Gasteiger partial charge in [-0.15, -0.1) is 11.3 Å². The van der Waals surface area contributed by atoms with Gasteiger partial charge in [-0.2, -0.15) is 0 Å². The second kappa shape index (κ2) is 7.82. The molecule has 4 rings (SSSR count). The van der Waals surface area contributed by atoms with Crippen LogP contribution in [0.3, 0.4) is 0 Å². The summed E-state index contributed by atoms with van der Waals surface area (Å²) in [6, 6.07) is 21.7. The Morgan fingerprint density at radius 2 is 1.82 bits per heavy atom. The predicted molar refractivity (Wildman–Crippen MR) is 115 cm³/mol. The number of amides is 1. The lowest BCUT2D eigenvalue weighted by Gasteiger charge is -2.10. The first-order valence-corrected chi connectivity index (χ1v) is 9.86. The molecule has 0 bridgehead atoms. The number of nitrogens with one attached hydrogen (secondary N) is 1. The van der Waals surface area contributed by atoms with Crippen LogP contribution in [-0.2, 0) is 4.79 Å². The fourth-order valence-electron chi connectivity index (χ4n) is 2.90. The van der Waals surface area contributed by atoms with E-state index in [0.717, 1.165) is 32.9 Å². The van der Waals surface area contributed by atoms with Gasteiger partial charge in [-0.25, -0.2) is 4.98 Å². The first-order chi connectivity index (χ1) is 13.6. The number of aromatic nitrogens is 1. The van der Waals surface area contributed by atoms with Crippen LogP contribution in [0.5, 0.6) is 5.75 Å². The Kier molecular flexibility index (Phi) is 5.08. The van der Waals surface area contributed by atoms with Gasteiger partial charge in [0.15, 0.2) is 6.61 Å². The van der Waals surface area contributed by atoms with E-state index in [1.54, 1.807) is 11.3 Å². The molecule has 0 aliphatic heterocycles. The second-order valence-corrected chi connectivity index (χ2v) is 7.70. The SMILES string of the molecule is Cc1ccc(OCC(=O)Nc2ccc(-c3nc4ccccc4s3)cc2C)cc1. The molecule has 0 fully saturated rings. The van der Waals surface area contributed by atoms with E-state index in [2.05, 4.69) is 11.4 Å². The average molecular weight is 388 g/mol. The smallest absolute Gasteiger partial charge is 0.262 e. The largest absolute Gasteiger partial charge is 0.484 e. The third kappa shape index (κ3) is 4.05. The summed E-state index contributed by atoms with van der Waals surface area (Å²) in [4.78, 5) is 16.9. The summed E-state index contributed by atoms with van der Waals surface area (Å²) in [6.07, 6.45) is 0. The van der Waals surface area contributed by atoms with Gasteiger partial charge in [0.1, 0.15) is 10.8 Å². The number of anilines is 1. The Morgan fingerprint density at radius 1 is 1.04 bits per heavy atom. The lowest BCUT2D eigenvalue weighted by molar-refractivity contribution is -0.118. The van der Waals surface area contributed by atoms with Crippen LogP contribution in [0.15, 0.2) is 66.7 Å². The quantitative estimate of drug-likeness (QED) is 0.484. The Morgan fingerprint density at radius 3 is 2.57 bits per heavy atom. The summed E-state index contributed by atoms with van der Waals surface area (Å²) >= 11 is 1.67. The van der Waals surface area contributed by atoms with E-state index in [1.807, 2.05) is 74.5 Å². The van der Waals surface area contributed by atoms with Crippen LogP contribution in [-0.4, -0.2) is 17.5 Å². The van der Waals surface area contributed by atoms with Gasteiger partial charge in [0.25, 0.3) is 5.91 Å². The van der Waals surface area contributed by atoms with Crippen molar-refractivity contribution in [2.75, 3.05) is 11.9 Å². The van der Waals surface area contributed by atoms with Gasteiger partial charge < -0.3 is 10.1 Å². The van der Waals surface area contributed by atoms with Crippen LogP contribution < -0.4 is 10.1 Å². The normalized spacial score (nSPS) is 10.8. The predicted octanol–water partition coefficient (Wildman–Crippen LogP) is 5.60. The van der Waals surface area contributed by atoms with Crippen molar-refractivity contribution >= 4 is 33.1 Å². The zero-order chi connectivity index (χ0) is 19.5. The van der Waals surface area contributed by atoms with Crippen LogP contribution in [0.4, 0.5) is 5.69 Å². The van der Waals surface area contributed by atoms with Gasteiger partial charge in [-0.05, 0) is 61.9 Å². The summed E-state index contributed by atoms with van der Waals surface area (Å²) in [6.45, 7) is 3.96. The molecule has 0 spiro atoms. The van der Waals surface area contributed by atoms with Crippen molar-refractivity contribution in [2.24, 2.45) is 0 Å². The molecule has 0 atom stereocenters. The fraction of sp³-hybridized carbons (Fsp3) is 0.130. The summed E-state index contributed by atoms with van der Waals surface area (Å²) in [7, 11) is 0. The van der Waals surface area contributed by atoms with E-state index in [1.165, 1.54) is 4.70 Å². The Labute approximate surface area is 167 Å². The highest BCUT2D eigenvalue weighted by Gasteiger charge is 2.10. The minimum absolute atomic E-state index is 0.0257. The van der Waals surface area contributed by atoms with E-state index in [4.69, 9.17) is 9.72 Å².